The van der Waals surface area contributed by atoms with Crippen LogP contribution in [0.1, 0.15) is 26.3 Å². The van der Waals surface area contributed by atoms with Crippen molar-refractivity contribution in [3.05, 3.63) is 10.8 Å². The minimum Gasteiger partial charge on any atom is -0.463 e. The highest BCUT2D eigenvalue weighted by atomic mass is 35.5. The van der Waals surface area contributed by atoms with Crippen LogP contribution in [0.3, 0.4) is 0 Å². The van der Waals surface area contributed by atoms with Crippen LogP contribution in [0.4, 0.5) is 11.6 Å². The molecule has 3 rings (SSSR count). The van der Waals surface area contributed by atoms with Crippen LogP contribution in [0.2, 0.25) is 5.28 Å². The third-order valence-corrected chi connectivity index (χ3v) is 7.36. The first-order chi connectivity index (χ1) is 24.0. The van der Waals surface area contributed by atoms with E-state index in [0.29, 0.717) is 71.7 Å². The fraction of sp³-hybridized carbons (Fsp3) is 0.645. The number of hydrogen-bond donors (Lipinski definition) is 3. The number of halogens is 1. The molecule has 2 saturated heterocycles. The fourth-order valence-corrected chi connectivity index (χ4v) is 5.16. The van der Waals surface area contributed by atoms with Gasteiger partial charge in [-0.2, -0.15) is 9.97 Å². The predicted molar refractivity (Wildman–Crippen MR) is 174 cm³/mol. The van der Waals surface area contributed by atoms with Gasteiger partial charge < -0.3 is 53.5 Å². The largest absolute Gasteiger partial charge is 0.463 e. The summed E-state index contributed by atoms with van der Waals surface area (Å²) < 4.78 is 43.3. The number of esters is 3. The highest BCUT2D eigenvalue weighted by molar-refractivity contribution is 6.28. The minimum atomic E-state index is -1.13. The molecule has 0 radical (unpaired) electrons. The normalized spacial score (nSPS) is 20.0. The highest BCUT2D eigenvalue weighted by Gasteiger charge is 2.52. The number of terminal acetylenes is 1. The maximum Gasteiger partial charge on any atom is 0.303 e. The molecule has 2 fully saturated rings. The summed E-state index contributed by atoms with van der Waals surface area (Å²) in [7, 11) is 0. The standard InChI is InChI=1S/C31H43ClN6O12/c1-5-7-43-9-11-45-13-14-46-12-10-44-8-6-34-29(42)22-16-38(17-22)28-23(15-33)27(36-31(32)37-28)35-30-26(49-21(4)41)25(48-20(3)40)24(50-30)18-47-19(2)39/h1,15,22,24-26,30,33H,6-14,16-18H2,2-4H3,(H,34,42)(H,35,36,37)/p+1/t24-,25-,26-,30-/m1/s1. The number of quaternary nitrogens is 1. The molecule has 19 heteroatoms. The van der Waals surface area contributed by atoms with E-state index in [4.69, 9.17) is 61.3 Å². The van der Waals surface area contributed by atoms with Crippen molar-refractivity contribution in [2.45, 2.75) is 45.3 Å². The number of carbonyl (C=O) groups is 4. The van der Waals surface area contributed by atoms with Gasteiger partial charge in [-0.3, -0.25) is 24.5 Å². The van der Waals surface area contributed by atoms with Gasteiger partial charge in [-0.15, -0.1) is 6.42 Å². The summed E-state index contributed by atoms with van der Waals surface area (Å²) >= 11 is 6.28. The van der Waals surface area contributed by atoms with Crippen LogP contribution in [0.25, 0.3) is 0 Å². The van der Waals surface area contributed by atoms with E-state index in [1.165, 1.54) is 26.1 Å². The Kier molecular flexibility index (Phi) is 17.2. The molecule has 2 aliphatic heterocycles. The minimum absolute atomic E-state index is 0.140. The van der Waals surface area contributed by atoms with E-state index in [9.17, 15) is 19.2 Å². The van der Waals surface area contributed by atoms with Crippen molar-refractivity contribution in [3.63, 3.8) is 0 Å². The molecular weight excluding hydrogens is 684 g/mol. The van der Waals surface area contributed by atoms with E-state index in [-0.39, 0.29) is 41.7 Å². The van der Waals surface area contributed by atoms with Gasteiger partial charge in [-0.1, -0.05) is 5.92 Å². The number of nitrogens with zero attached hydrogens (tertiary/aromatic N) is 3. The summed E-state index contributed by atoms with van der Waals surface area (Å²) in [6.07, 6.45) is 1.89. The van der Waals surface area contributed by atoms with Gasteiger partial charge in [0.05, 0.1) is 52.2 Å². The number of carbonyl (C=O) groups excluding carboxylic acids is 4. The van der Waals surface area contributed by atoms with Gasteiger partial charge in [0.15, 0.2) is 6.10 Å². The number of hydrogen-bond acceptors (Lipinski definition) is 16. The lowest BCUT2D eigenvalue weighted by atomic mass is 9.98. The molecule has 276 valence electrons. The lowest BCUT2D eigenvalue weighted by molar-refractivity contribution is -0.663. The molecule has 0 spiro atoms. The topological polar surface area (TPSA) is 224 Å². The second-order valence-electron chi connectivity index (χ2n) is 11.0. The third-order valence-electron chi connectivity index (χ3n) is 7.19. The van der Waals surface area contributed by atoms with E-state index in [1.807, 2.05) is 0 Å². The number of rotatable bonds is 22. The maximum atomic E-state index is 12.7. The Labute approximate surface area is 294 Å². The lowest BCUT2D eigenvalue weighted by Gasteiger charge is -2.39. The van der Waals surface area contributed by atoms with E-state index in [2.05, 4.69) is 21.2 Å². The Morgan fingerprint density at radius 1 is 0.960 bits per heavy atom. The Hall–Kier alpha value is -3.96. The third kappa shape index (κ3) is 13.1. The first-order valence-corrected chi connectivity index (χ1v) is 16.2. The number of anilines is 1. The van der Waals surface area contributed by atoms with Crippen molar-refractivity contribution in [2.75, 3.05) is 84.0 Å². The summed E-state index contributed by atoms with van der Waals surface area (Å²) in [5, 5.41) is 12.3. The molecule has 1 amide bonds. The van der Waals surface area contributed by atoms with Crippen LogP contribution in [-0.2, 0) is 57.1 Å². The van der Waals surface area contributed by atoms with Gasteiger partial charge in [-0.05, 0) is 11.6 Å². The lowest BCUT2D eigenvalue weighted by Crippen LogP contribution is -2.88. The fourth-order valence-electron chi connectivity index (χ4n) is 4.99. The molecule has 1 aromatic heterocycles. The molecule has 0 aliphatic carbocycles. The average Bonchev–Trinajstić information content (AvgIpc) is 3.33. The van der Waals surface area contributed by atoms with Crippen molar-refractivity contribution >= 4 is 53.3 Å². The molecule has 50 heavy (non-hydrogen) atoms. The van der Waals surface area contributed by atoms with E-state index in [1.54, 1.807) is 4.90 Å². The number of amides is 1. The van der Waals surface area contributed by atoms with Gasteiger partial charge in [-0.25, -0.2) is 0 Å². The quantitative estimate of drug-likeness (QED) is 0.0316. The van der Waals surface area contributed by atoms with Crippen LogP contribution >= 0.6 is 11.6 Å². The van der Waals surface area contributed by atoms with Crippen LogP contribution in [0, 0.1) is 23.7 Å². The van der Waals surface area contributed by atoms with Gasteiger partial charge in [0.1, 0.15) is 30.7 Å². The molecule has 18 nitrogen and oxygen atoms in total. The van der Waals surface area contributed by atoms with Crippen molar-refractivity contribution in [1.29, 1.82) is 5.41 Å². The molecule has 4 atom stereocenters. The molecule has 0 saturated carbocycles. The Balaban J connectivity index is 1.49. The van der Waals surface area contributed by atoms with Crippen LogP contribution < -0.4 is 15.5 Å². The molecule has 2 aliphatic rings. The van der Waals surface area contributed by atoms with Crippen molar-refractivity contribution in [3.8, 4) is 12.3 Å². The molecular formula is C31H44ClN6O12+. The molecule has 0 aromatic carbocycles. The summed E-state index contributed by atoms with van der Waals surface area (Å²) in [6, 6.07) is 0. The molecule has 3 heterocycles. The van der Waals surface area contributed by atoms with Gasteiger partial charge in [0.25, 0.3) is 0 Å². The summed E-state index contributed by atoms with van der Waals surface area (Å²) in [5.41, 5.74) is 0.266. The molecule has 1 aromatic rings. The zero-order valence-corrected chi connectivity index (χ0v) is 29.0. The summed E-state index contributed by atoms with van der Waals surface area (Å²) in [5.74, 6) is 0.455. The van der Waals surface area contributed by atoms with Gasteiger partial charge in [0, 0.05) is 46.6 Å². The van der Waals surface area contributed by atoms with Crippen LogP contribution in [0.15, 0.2) is 0 Å². The summed E-state index contributed by atoms with van der Waals surface area (Å²) in [4.78, 5) is 58.4. The molecule has 0 bridgehead atoms. The van der Waals surface area contributed by atoms with Gasteiger partial charge >= 0.3 is 17.9 Å². The Bertz CT molecular complexity index is 1360. The second kappa shape index (κ2) is 21.3. The number of nitrogens with two attached hydrogens (primary N) is 1. The van der Waals surface area contributed by atoms with Crippen molar-refractivity contribution in [2.24, 2.45) is 5.92 Å². The first kappa shape index (κ1) is 40.5. The van der Waals surface area contributed by atoms with E-state index < -0.39 is 42.4 Å². The average molecular weight is 728 g/mol. The SMILES string of the molecule is C#CCOCCOCCOCCOCCNC(=O)C1CN(c2nc(Cl)nc([NH2+][C@@H]3O[C@H](COC(C)=O)[C@@H](OC(C)=O)[C@H]3OC(C)=O)c2C=N)C1. The van der Waals surface area contributed by atoms with E-state index in [0.717, 1.165) is 6.21 Å². The monoisotopic (exact) mass is 727 g/mol. The van der Waals surface area contributed by atoms with Crippen molar-refractivity contribution < 1.29 is 62.4 Å². The number of aromatic nitrogens is 2. The number of ether oxygens (including phenoxy) is 8. The maximum absolute atomic E-state index is 12.7. The Morgan fingerprint density at radius 3 is 2.14 bits per heavy atom. The zero-order valence-electron chi connectivity index (χ0n) is 28.2. The predicted octanol–water partition coefficient (Wildman–Crippen LogP) is -1.27. The first-order valence-electron chi connectivity index (χ1n) is 15.9. The zero-order chi connectivity index (χ0) is 36.5. The molecule has 0 unspecified atom stereocenters. The van der Waals surface area contributed by atoms with Crippen LogP contribution in [0.5, 0.6) is 0 Å². The highest BCUT2D eigenvalue weighted by Crippen LogP contribution is 2.30. The number of nitrogens with one attached hydrogen (secondary N) is 2. The van der Waals surface area contributed by atoms with E-state index >= 15 is 0 Å². The van der Waals surface area contributed by atoms with Crippen molar-refractivity contribution in [1.82, 2.24) is 15.3 Å². The molecule has 4 N–H and O–H groups in total. The second-order valence-corrected chi connectivity index (χ2v) is 11.3. The van der Waals surface area contributed by atoms with Gasteiger partial charge in [0.2, 0.25) is 29.3 Å². The summed E-state index contributed by atoms with van der Waals surface area (Å²) in [6.45, 7) is 7.27. The Morgan fingerprint density at radius 2 is 1.56 bits per heavy atom. The van der Waals surface area contributed by atoms with Crippen LogP contribution in [-0.4, -0.2) is 144 Å². The smallest absolute Gasteiger partial charge is 0.303 e.